The SMILES string of the molecule is CO[SiH](OC)C([SiH3])[SiH3]. The summed E-state index contributed by atoms with van der Waals surface area (Å²) in [6.07, 6.45) is 0. The van der Waals surface area contributed by atoms with E-state index in [1.165, 1.54) is 20.5 Å². The highest BCUT2D eigenvalue weighted by molar-refractivity contribution is 6.68. The Morgan fingerprint density at radius 1 is 1.25 bits per heavy atom. The van der Waals surface area contributed by atoms with Gasteiger partial charge in [0.25, 0.3) is 0 Å². The fraction of sp³-hybridized carbons (Fsp3) is 1.00. The summed E-state index contributed by atoms with van der Waals surface area (Å²) in [7, 11) is 4.85. The van der Waals surface area contributed by atoms with Crippen LogP contribution >= 0.6 is 0 Å². The molecule has 0 rings (SSSR count). The van der Waals surface area contributed by atoms with E-state index < -0.39 is 9.28 Å². The van der Waals surface area contributed by atoms with E-state index in [1.54, 1.807) is 14.2 Å². The molecule has 2 nitrogen and oxygen atoms in total. The van der Waals surface area contributed by atoms with Crippen LogP contribution in [0.4, 0.5) is 0 Å². The van der Waals surface area contributed by atoms with Gasteiger partial charge in [-0.1, -0.05) is 0 Å². The van der Waals surface area contributed by atoms with Crippen molar-refractivity contribution in [3.05, 3.63) is 0 Å². The van der Waals surface area contributed by atoms with Gasteiger partial charge >= 0.3 is 9.28 Å². The first kappa shape index (κ1) is 8.57. The Morgan fingerprint density at radius 3 is 1.62 bits per heavy atom. The van der Waals surface area contributed by atoms with Crippen LogP contribution in [-0.2, 0) is 8.85 Å². The third-order valence-electron chi connectivity index (χ3n) is 1.01. The minimum atomic E-state index is -1.14. The van der Waals surface area contributed by atoms with Gasteiger partial charge < -0.3 is 8.85 Å². The van der Waals surface area contributed by atoms with Crippen LogP contribution in [-0.4, -0.2) is 44.0 Å². The summed E-state index contributed by atoms with van der Waals surface area (Å²) in [5.41, 5.74) is 0. The first-order chi connectivity index (χ1) is 3.72. The molecule has 5 heteroatoms. The van der Waals surface area contributed by atoms with Gasteiger partial charge in [-0.3, -0.25) is 0 Å². The van der Waals surface area contributed by atoms with Crippen molar-refractivity contribution in [3.63, 3.8) is 0 Å². The molecule has 0 radical (unpaired) electrons. The molecule has 0 unspecified atom stereocenters. The second kappa shape index (κ2) is 4.45. The largest absolute Gasteiger partial charge is 0.400 e. The molecule has 0 N–H and O–H groups in total. The molecule has 0 aromatic heterocycles. The predicted molar refractivity (Wildman–Crippen MR) is 44.8 cm³/mol. The van der Waals surface area contributed by atoms with Gasteiger partial charge in [-0.15, -0.1) is 0 Å². The van der Waals surface area contributed by atoms with Gasteiger partial charge in [-0.25, -0.2) is 0 Å². The Bertz CT molecular complexity index is 54.5. The van der Waals surface area contributed by atoms with E-state index in [0.717, 1.165) is 4.79 Å². The maximum absolute atomic E-state index is 5.15. The maximum atomic E-state index is 5.15. The van der Waals surface area contributed by atoms with Crippen molar-refractivity contribution < 1.29 is 8.85 Å². The quantitative estimate of drug-likeness (QED) is 0.432. The lowest BCUT2D eigenvalue weighted by Gasteiger charge is -2.13. The summed E-state index contributed by atoms with van der Waals surface area (Å²) in [5.74, 6) is 0. The molecule has 0 aliphatic heterocycles. The Kier molecular flexibility index (Phi) is 4.77. The van der Waals surface area contributed by atoms with E-state index in [2.05, 4.69) is 0 Å². The standard InChI is InChI=1S/C3H14O2Si3/c1-4-8(5-2)3(6)7/h3,8H,1-2,6-7H3. The molecule has 0 saturated heterocycles. The van der Waals surface area contributed by atoms with Crippen LogP contribution in [0.15, 0.2) is 0 Å². The summed E-state index contributed by atoms with van der Waals surface area (Å²) in [4.78, 5) is 0.852. The lowest BCUT2D eigenvalue weighted by atomic mass is 11.8. The average Bonchev–Trinajstić information content (AvgIpc) is 1.69. The van der Waals surface area contributed by atoms with E-state index in [4.69, 9.17) is 8.85 Å². The molecule has 0 fully saturated rings. The van der Waals surface area contributed by atoms with E-state index in [-0.39, 0.29) is 0 Å². The van der Waals surface area contributed by atoms with Gasteiger partial charge in [0.15, 0.2) is 0 Å². The normalized spacial score (nSPS) is 15.4. The number of rotatable bonds is 3. The molecule has 8 heavy (non-hydrogen) atoms. The third kappa shape index (κ3) is 2.78. The fourth-order valence-corrected chi connectivity index (χ4v) is 5.19. The summed E-state index contributed by atoms with van der Waals surface area (Å²) >= 11 is 0. The van der Waals surface area contributed by atoms with Crippen molar-refractivity contribution in [2.24, 2.45) is 0 Å². The van der Waals surface area contributed by atoms with Crippen molar-refractivity contribution in [1.82, 2.24) is 0 Å². The smallest absolute Gasteiger partial charge is 0.316 e. The van der Waals surface area contributed by atoms with Gasteiger partial charge in [0.05, 0.1) is 0 Å². The van der Waals surface area contributed by atoms with E-state index >= 15 is 0 Å². The zero-order valence-corrected chi connectivity index (χ0v) is 11.1. The van der Waals surface area contributed by atoms with E-state index in [9.17, 15) is 0 Å². The van der Waals surface area contributed by atoms with Crippen LogP contribution in [0.25, 0.3) is 0 Å². The highest BCUT2D eigenvalue weighted by Gasteiger charge is 2.13. The second-order valence-electron chi connectivity index (χ2n) is 2.08. The van der Waals surface area contributed by atoms with Crippen LogP contribution in [0.1, 0.15) is 0 Å². The van der Waals surface area contributed by atoms with Crippen LogP contribution in [0, 0.1) is 0 Å². The monoisotopic (exact) mass is 166 g/mol. The van der Waals surface area contributed by atoms with Crippen molar-refractivity contribution in [1.29, 1.82) is 0 Å². The molecule has 0 saturated carbocycles. The van der Waals surface area contributed by atoms with Crippen LogP contribution in [0.2, 0.25) is 4.79 Å². The molecule has 0 heterocycles. The molecule has 0 spiro atoms. The number of hydrogen-bond acceptors (Lipinski definition) is 2. The van der Waals surface area contributed by atoms with E-state index in [0.29, 0.717) is 0 Å². The molecule has 0 aliphatic carbocycles. The molecule has 0 aromatic rings. The zero-order chi connectivity index (χ0) is 6.57. The molecular formula is C3H14O2Si3. The molecule has 0 amide bonds. The summed E-state index contributed by atoms with van der Waals surface area (Å²) < 4.78 is 10.3. The second-order valence-corrected chi connectivity index (χ2v) is 13.7. The minimum Gasteiger partial charge on any atom is -0.400 e. The molecule has 0 aromatic carbocycles. The minimum absolute atomic E-state index is 0.852. The van der Waals surface area contributed by atoms with Gasteiger partial charge in [0.1, 0.15) is 0 Å². The summed E-state index contributed by atoms with van der Waals surface area (Å²) in [5, 5.41) is 0. The van der Waals surface area contributed by atoms with Crippen LogP contribution in [0.5, 0.6) is 0 Å². The van der Waals surface area contributed by atoms with Gasteiger partial charge in [-0.05, 0) is 4.79 Å². The Balaban J connectivity index is 3.35. The third-order valence-corrected chi connectivity index (χ3v) is 6.29. The highest BCUT2D eigenvalue weighted by atomic mass is 28.4. The van der Waals surface area contributed by atoms with Gasteiger partial charge in [0.2, 0.25) is 0 Å². The lowest BCUT2D eigenvalue weighted by Crippen LogP contribution is -2.26. The maximum Gasteiger partial charge on any atom is 0.316 e. The zero-order valence-electron chi connectivity index (χ0n) is 5.97. The lowest BCUT2D eigenvalue weighted by molar-refractivity contribution is 0.280. The average molecular weight is 166 g/mol. The number of hydrogen-bond donors (Lipinski definition) is 0. The van der Waals surface area contributed by atoms with Crippen LogP contribution < -0.4 is 0 Å². The first-order valence-corrected chi connectivity index (χ1v) is 6.69. The summed E-state index contributed by atoms with van der Waals surface area (Å²) in [6.45, 7) is 0. The molecule has 50 valence electrons. The van der Waals surface area contributed by atoms with Crippen molar-refractivity contribution >= 4 is 29.8 Å². The molecule has 0 atom stereocenters. The molecular weight excluding hydrogens is 152 g/mol. The van der Waals surface area contributed by atoms with Gasteiger partial charge in [0, 0.05) is 34.7 Å². The van der Waals surface area contributed by atoms with Crippen molar-refractivity contribution in [3.8, 4) is 0 Å². The molecule has 0 bridgehead atoms. The van der Waals surface area contributed by atoms with E-state index in [1.807, 2.05) is 0 Å². The first-order valence-electron chi connectivity index (χ1n) is 2.78. The fourth-order valence-electron chi connectivity index (χ4n) is 0.641. The Morgan fingerprint density at radius 2 is 1.62 bits per heavy atom. The predicted octanol–water partition coefficient (Wildman–Crippen LogP) is -2.48. The van der Waals surface area contributed by atoms with Gasteiger partial charge in [-0.2, -0.15) is 0 Å². The Hall–Kier alpha value is 0.571. The highest BCUT2D eigenvalue weighted by Crippen LogP contribution is 1.98. The summed E-state index contributed by atoms with van der Waals surface area (Å²) in [6, 6.07) is 0. The topological polar surface area (TPSA) is 18.5 Å². The molecule has 0 aliphatic rings. The Labute approximate surface area is 58.3 Å². The van der Waals surface area contributed by atoms with Crippen LogP contribution in [0.3, 0.4) is 0 Å². The van der Waals surface area contributed by atoms with Crippen molar-refractivity contribution in [2.45, 2.75) is 4.79 Å². The van der Waals surface area contributed by atoms with Crippen molar-refractivity contribution in [2.75, 3.05) is 14.2 Å².